The number of nitrogens with zero attached hydrogens (tertiary/aromatic N) is 2. The predicted octanol–water partition coefficient (Wildman–Crippen LogP) is 2.09. The topological polar surface area (TPSA) is 27.0 Å². The molecule has 56 valence electrons. The Kier molecular flexibility index (Phi) is 5.88. The van der Waals surface area contributed by atoms with Crippen molar-refractivity contribution < 1.29 is 0 Å². The molecule has 0 fully saturated rings. The van der Waals surface area contributed by atoms with Gasteiger partial charge in [0.1, 0.15) is 4.99 Å². The van der Waals surface area contributed by atoms with Gasteiger partial charge in [-0.25, -0.2) is 0 Å². The van der Waals surface area contributed by atoms with Crippen molar-refractivity contribution in [2.75, 3.05) is 12.5 Å². The Bertz CT molecular complexity index is 147. The van der Waals surface area contributed by atoms with Gasteiger partial charge in [-0.15, -0.1) is 0 Å². The molecule has 0 aliphatic rings. The molecule has 2 nitrogen and oxygen atoms in total. The Balaban J connectivity index is 3.79. The minimum absolute atomic E-state index is 0.330. The molecule has 0 heterocycles. The highest BCUT2D eigenvalue weighted by Crippen LogP contribution is 2.18. The van der Waals surface area contributed by atoms with Gasteiger partial charge in [0.25, 0.3) is 0 Å². The van der Waals surface area contributed by atoms with Crippen LogP contribution in [-0.2, 0) is 0 Å². The molecule has 0 saturated heterocycles. The molecule has 0 unspecified atom stereocenters. The molecule has 0 atom stereocenters. The van der Waals surface area contributed by atoms with Crippen LogP contribution in [0.3, 0.4) is 0 Å². The van der Waals surface area contributed by atoms with Crippen LogP contribution in [0.4, 0.5) is 0 Å². The molecule has 10 heavy (non-hydrogen) atoms. The molecule has 0 aliphatic carbocycles. The quantitative estimate of drug-likeness (QED) is 0.504. The Hall–Kier alpha value is 0.0800. The van der Waals surface area contributed by atoms with Gasteiger partial charge in [0, 0.05) is 12.5 Å². The van der Waals surface area contributed by atoms with Crippen LogP contribution < -0.4 is 0 Å². The summed E-state index contributed by atoms with van der Waals surface area (Å²) in [5, 5.41) is 8.29. The first kappa shape index (κ1) is 10.1. The van der Waals surface area contributed by atoms with Gasteiger partial charge in [0.05, 0.1) is 12.5 Å². The summed E-state index contributed by atoms with van der Waals surface area (Å²) < 4.78 is 1.85. The van der Waals surface area contributed by atoms with Crippen LogP contribution in [-0.4, -0.2) is 21.2 Å². The Morgan fingerprint density at radius 3 is 2.40 bits per heavy atom. The van der Waals surface area contributed by atoms with Crippen LogP contribution in [0, 0.1) is 11.3 Å². The molecule has 0 aromatic heterocycles. The summed E-state index contributed by atoms with van der Waals surface area (Å²) in [6.45, 7) is 0. The van der Waals surface area contributed by atoms with Crippen molar-refractivity contribution in [3.05, 3.63) is 0 Å². The maximum absolute atomic E-state index is 8.29. The molecule has 0 spiro atoms. The van der Waals surface area contributed by atoms with E-state index < -0.39 is 0 Å². The van der Waals surface area contributed by atoms with E-state index in [2.05, 4.69) is 0 Å². The second-order valence-electron chi connectivity index (χ2n) is 1.35. The second-order valence-corrected chi connectivity index (χ2v) is 3.51. The van der Waals surface area contributed by atoms with E-state index >= 15 is 0 Å². The molecule has 0 aliphatic heterocycles. The van der Waals surface area contributed by atoms with Crippen molar-refractivity contribution in [1.29, 1.82) is 5.26 Å². The zero-order valence-electron chi connectivity index (χ0n) is 5.83. The van der Waals surface area contributed by atoms with Crippen LogP contribution >= 0.6 is 36.1 Å². The highest BCUT2D eigenvalue weighted by molar-refractivity contribution is 8.13. The molecular weight excluding hydrogens is 184 g/mol. The van der Waals surface area contributed by atoms with Crippen LogP contribution in [0.2, 0.25) is 0 Å². The first-order valence-corrected chi connectivity index (χ1v) is 5.31. The van der Waals surface area contributed by atoms with Gasteiger partial charge in [0.15, 0.2) is 0 Å². The first-order chi connectivity index (χ1) is 4.76. The van der Waals surface area contributed by atoms with Gasteiger partial charge in [-0.2, -0.15) is 5.26 Å². The molecule has 0 bridgehead atoms. The van der Waals surface area contributed by atoms with Crippen molar-refractivity contribution in [3.63, 3.8) is 0 Å². The first-order valence-electron chi connectivity index (χ1n) is 2.54. The van der Waals surface area contributed by atoms with E-state index in [0.717, 1.165) is 0 Å². The summed E-state index contributed by atoms with van der Waals surface area (Å²) in [5.41, 5.74) is 0. The van der Waals surface area contributed by atoms with Gasteiger partial charge >= 0.3 is 0 Å². The van der Waals surface area contributed by atoms with Gasteiger partial charge in [0.2, 0.25) is 0 Å². The average molecular weight is 192 g/mol. The fraction of sp³-hybridized carbons (Fsp3) is 0.600. The SMILES string of the molecule is CSN(SC)C(=S)CC#N. The molecule has 0 rings (SSSR count). The van der Waals surface area contributed by atoms with Crippen molar-refractivity contribution in [2.45, 2.75) is 6.42 Å². The number of thiocarbonyl (C=S) groups is 1. The summed E-state index contributed by atoms with van der Waals surface area (Å²) in [6.07, 6.45) is 4.19. The smallest absolute Gasteiger partial charge is 0.113 e. The highest BCUT2D eigenvalue weighted by Gasteiger charge is 2.04. The van der Waals surface area contributed by atoms with E-state index in [4.69, 9.17) is 17.5 Å². The number of hydrogen-bond donors (Lipinski definition) is 0. The molecule has 0 radical (unpaired) electrons. The summed E-state index contributed by atoms with van der Waals surface area (Å²) >= 11 is 7.98. The zero-order chi connectivity index (χ0) is 7.98. The third-order valence-electron chi connectivity index (χ3n) is 0.766. The van der Waals surface area contributed by atoms with Crippen LogP contribution in [0.25, 0.3) is 0 Å². The maximum Gasteiger partial charge on any atom is 0.113 e. The lowest BCUT2D eigenvalue weighted by Crippen LogP contribution is -2.12. The molecule has 0 amide bonds. The lowest BCUT2D eigenvalue weighted by Gasteiger charge is -2.15. The van der Waals surface area contributed by atoms with Crippen LogP contribution in [0.15, 0.2) is 0 Å². The van der Waals surface area contributed by atoms with Gasteiger partial charge in [-0.1, -0.05) is 12.2 Å². The van der Waals surface area contributed by atoms with E-state index in [1.807, 2.05) is 22.3 Å². The Morgan fingerprint density at radius 1 is 1.60 bits per heavy atom. The Morgan fingerprint density at radius 2 is 2.10 bits per heavy atom. The van der Waals surface area contributed by atoms with Crippen LogP contribution in [0.1, 0.15) is 6.42 Å². The van der Waals surface area contributed by atoms with Crippen LogP contribution in [0.5, 0.6) is 0 Å². The fourth-order valence-electron chi connectivity index (χ4n) is 0.410. The third kappa shape index (κ3) is 3.30. The third-order valence-corrected chi connectivity index (χ3v) is 3.32. The van der Waals surface area contributed by atoms with E-state index in [-0.39, 0.29) is 0 Å². The summed E-state index contributed by atoms with van der Waals surface area (Å²) in [6, 6.07) is 2.01. The lowest BCUT2D eigenvalue weighted by molar-refractivity contribution is 1.13. The standard InChI is InChI=1S/C5H8N2S3/c1-9-7(10-2)5(8)3-4-6/h3H2,1-2H3. The normalized spacial score (nSPS) is 8.50. The second kappa shape index (κ2) is 5.83. The number of rotatable bonds is 3. The average Bonchev–Trinajstić information content (AvgIpc) is 1.91. The summed E-state index contributed by atoms with van der Waals surface area (Å²) in [4.78, 5) is 0.683. The zero-order valence-corrected chi connectivity index (χ0v) is 8.28. The highest BCUT2D eigenvalue weighted by atomic mass is 32.2. The fourth-order valence-corrected chi connectivity index (χ4v) is 2.05. The molecule has 0 N–H and O–H groups in total. The molecule has 0 aromatic rings. The van der Waals surface area contributed by atoms with E-state index in [1.54, 1.807) is 0 Å². The largest absolute Gasteiger partial charge is 0.251 e. The monoisotopic (exact) mass is 192 g/mol. The minimum Gasteiger partial charge on any atom is -0.251 e. The maximum atomic E-state index is 8.29. The van der Waals surface area contributed by atoms with Crippen molar-refractivity contribution in [3.8, 4) is 6.07 Å². The predicted molar refractivity (Wildman–Crippen MR) is 51.7 cm³/mol. The van der Waals surface area contributed by atoms with Gasteiger partial charge < -0.3 is 0 Å². The van der Waals surface area contributed by atoms with Crippen molar-refractivity contribution in [1.82, 2.24) is 3.71 Å². The van der Waals surface area contributed by atoms with Gasteiger partial charge in [-0.3, -0.25) is 3.71 Å². The summed E-state index contributed by atoms with van der Waals surface area (Å²) in [7, 11) is 0. The Labute approximate surface area is 75.2 Å². The summed E-state index contributed by atoms with van der Waals surface area (Å²) in [5.74, 6) is 0. The molecule has 5 heteroatoms. The molecule has 0 saturated carbocycles. The molecule has 0 aromatic carbocycles. The van der Waals surface area contributed by atoms with Crippen molar-refractivity contribution >= 4 is 41.1 Å². The minimum atomic E-state index is 0.330. The molecular formula is C5H8N2S3. The number of nitriles is 1. The van der Waals surface area contributed by atoms with E-state index in [9.17, 15) is 0 Å². The van der Waals surface area contributed by atoms with E-state index in [0.29, 0.717) is 11.4 Å². The van der Waals surface area contributed by atoms with Crippen molar-refractivity contribution in [2.24, 2.45) is 0 Å². The number of hydrogen-bond acceptors (Lipinski definition) is 4. The van der Waals surface area contributed by atoms with E-state index in [1.165, 1.54) is 23.9 Å². The lowest BCUT2D eigenvalue weighted by atomic mass is 10.5. The van der Waals surface area contributed by atoms with Gasteiger partial charge in [-0.05, 0) is 23.9 Å².